The summed E-state index contributed by atoms with van der Waals surface area (Å²) in [5.74, 6) is 0. The summed E-state index contributed by atoms with van der Waals surface area (Å²) in [6, 6.07) is 3.26. The first-order valence-electron chi connectivity index (χ1n) is 4.56. The summed E-state index contributed by atoms with van der Waals surface area (Å²) in [6.45, 7) is 3.10. The van der Waals surface area contributed by atoms with Gasteiger partial charge in [0.2, 0.25) is 10.0 Å². The van der Waals surface area contributed by atoms with Gasteiger partial charge in [-0.15, -0.1) is 0 Å². The van der Waals surface area contributed by atoms with E-state index in [9.17, 15) is 13.5 Å². The molecular weight excluding hydrogens is 296 g/mol. The van der Waals surface area contributed by atoms with E-state index in [0.717, 1.165) is 4.47 Å². The first-order chi connectivity index (χ1) is 7.23. The van der Waals surface area contributed by atoms with Crippen LogP contribution in [0.3, 0.4) is 0 Å². The van der Waals surface area contributed by atoms with Gasteiger partial charge in [0.25, 0.3) is 0 Å². The molecule has 0 aliphatic carbocycles. The third-order valence-electron chi connectivity index (χ3n) is 2.31. The molecule has 0 unspecified atom stereocenters. The van der Waals surface area contributed by atoms with Crippen LogP contribution in [0.15, 0.2) is 16.6 Å². The lowest BCUT2D eigenvalue weighted by atomic mass is 10.1. The van der Waals surface area contributed by atoms with E-state index in [4.69, 9.17) is 5.14 Å². The molecule has 0 saturated heterocycles. The number of sulfonamides is 1. The minimum Gasteiger partial charge on any atom is -0.385 e. The molecule has 0 aliphatic rings. The highest BCUT2D eigenvalue weighted by Crippen LogP contribution is 2.22. The molecule has 1 rings (SSSR count). The molecule has 0 aromatic carbocycles. The molecule has 0 radical (unpaired) electrons. The molecule has 1 aromatic heterocycles. The van der Waals surface area contributed by atoms with Gasteiger partial charge in [-0.25, -0.2) is 13.6 Å². The third-order valence-corrected chi connectivity index (χ3v) is 4.44. The molecule has 16 heavy (non-hydrogen) atoms. The number of aromatic nitrogens is 1. The second-order valence-corrected chi connectivity index (χ2v) is 6.32. The first kappa shape index (κ1) is 13.6. The van der Waals surface area contributed by atoms with Crippen molar-refractivity contribution in [2.24, 2.45) is 5.14 Å². The van der Waals surface area contributed by atoms with Gasteiger partial charge in [-0.3, -0.25) is 4.98 Å². The second-order valence-electron chi connectivity index (χ2n) is 3.54. The van der Waals surface area contributed by atoms with Gasteiger partial charge in [-0.2, -0.15) is 0 Å². The van der Waals surface area contributed by atoms with Crippen LogP contribution in [0.1, 0.15) is 24.4 Å². The van der Waals surface area contributed by atoms with Gasteiger partial charge in [0.1, 0.15) is 11.4 Å². The molecule has 1 aromatic rings. The number of pyridine rings is 1. The maximum atomic E-state index is 11.1. The second kappa shape index (κ2) is 4.79. The van der Waals surface area contributed by atoms with Crippen molar-refractivity contribution < 1.29 is 13.5 Å². The monoisotopic (exact) mass is 308 g/mol. The average molecular weight is 309 g/mol. The zero-order chi connectivity index (χ0) is 12.5. The van der Waals surface area contributed by atoms with Gasteiger partial charge < -0.3 is 5.11 Å². The van der Waals surface area contributed by atoms with Crippen LogP contribution >= 0.6 is 15.9 Å². The highest BCUT2D eigenvalue weighted by Gasteiger charge is 2.27. The fourth-order valence-electron chi connectivity index (χ4n) is 1.15. The fraction of sp³-hybridized carbons (Fsp3) is 0.444. The number of hydrogen-bond acceptors (Lipinski definition) is 4. The quantitative estimate of drug-likeness (QED) is 0.866. The van der Waals surface area contributed by atoms with Crippen molar-refractivity contribution in [3.05, 3.63) is 28.0 Å². The number of nitrogens with two attached hydrogens (primary N) is 1. The average Bonchev–Trinajstić information content (AvgIpc) is 2.18. The van der Waals surface area contributed by atoms with E-state index in [1.807, 2.05) is 0 Å². The zero-order valence-electron chi connectivity index (χ0n) is 8.88. The standard InChI is InChI=1S/C9H13BrN2O3S/c1-5-7(10)3-4-8(12-5)9(13)6(2)16(11,14)15/h3-4,6,9,13H,1-2H3,(H2,11,14,15)/t6-,9-/m1/s1. The Morgan fingerprint density at radius 2 is 2.06 bits per heavy atom. The van der Waals surface area contributed by atoms with E-state index >= 15 is 0 Å². The third kappa shape index (κ3) is 3.00. The van der Waals surface area contributed by atoms with Crippen molar-refractivity contribution in [2.75, 3.05) is 0 Å². The van der Waals surface area contributed by atoms with Gasteiger partial charge in [0, 0.05) is 4.47 Å². The smallest absolute Gasteiger partial charge is 0.214 e. The molecule has 0 fully saturated rings. The Balaban J connectivity index is 3.06. The van der Waals surface area contributed by atoms with E-state index in [0.29, 0.717) is 11.4 Å². The minimum atomic E-state index is -3.77. The molecule has 0 aliphatic heterocycles. The van der Waals surface area contributed by atoms with E-state index in [1.165, 1.54) is 6.92 Å². The van der Waals surface area contributed by atoms with E-state index in [1.54, 1.807) is 19.1 Å². The molecular formula is C9H13BrN2O3S. The molecule has 0 amide bonds. The molecule has 90 valence electrons. The number of primary sulfonamides is 1. The lowest BCUT2D eigenvalue weighted by Crippen LogP contribution is -2.31. The predicted molar refractivity (Wildman–Crippen MR) is 64.2 cm³/mol. The van der Waals surface area contributed by atoms with Crippen molar-refractivity contribution in [1.82, 2.24) is 4.98 Å². The predicted octanol–water partition coefficient (Wildman–Crippen LogP) is 0.863. The molecule has 2 atom stereocenters. The normalized spacial score (nSPS) is 15.8. The van der Waals surface area contributed by atoms with Gasteiger partial charge in [-0.1, -0.05) is 0 Å². The van der Waals surface area contributed by atoms with Crippen molar-refractivity contribution in [2.45, 2.75) is 25.2 Å². The van der Waals surface area contributed by atoms with Crippen LogP contribution in [0, 0.1) is 6.92 Å². The number of rotatable bonds is 3. The lowest BCUT2D eigenvalue weighted by molar-refractivity contribution is 0.171. The van der Waals surface area contributed by atoms with Crippen LogP contribution in [0.2, 0.25) is 0 Å². The SMILES string of the molecule is Cc1nc([C@H](O)[C@@H](C)S(N)(=O)=O)ccc1Br. The molecule has 0 saturated carbocycles. The number of aliphatic hydroxyl groups excluding tert-OH is 1. The molecule has 1 heterocycles. The van der Waals surface area contributed by atoms with Crippen LogP contribution in [0.4, 0.5) is 0 Å². The highest BCUT2D eigenvalue weighted by molar-refractivity contribution is 9.10. The largest absolute Gasteiger partial charge is 0.385 e. The minimum absolute atomic E-state index is 0.294. The fourth-order valence-corrected chi connectivity index (χ4v) is 1.87. The molecule has 3 N–H and O–H groups in total. The Morgan fingerprint density at radius 1 is 1.50 bits per heavy atom. The maximum Gasteiger partial charge on any atom is 0.214 e. The first-order valence-corrected chi connectivity index (χ1v) is 6.96. The van der Waals surface area contributed by atoms with E-state index < -0.39 is 21.4 Å². The Hall–Kier alpha value is -0.500. The van der Waals surface area contributed by atoms with Crippen molar-refractivity contribution in [1.29, 1.82) is 0 Å². The van der Waals surface area contributed by atoms with Crippen LogP contribution in [0.25, 0.3) is 0 Å². The summed E-state index contributed by atoms with van der Waals surface area (Å²) in [5, 5.41) is 13.7. The van der Waals surface area contributed by atoms with Crippen molar-refractivity contribution in [3.63, 3.8) is 0 Å². The summed E-state index contributed by atoms with van der Waals surface area (Å²) in [5.41, 5.74) is 0.973. The Morgan fingerprint density at radius 3 is 2.50 bits per heavy atom. The number of halogens is 1. The Kier molecular flexibility index (Phi) is 4.06. The molecule has 5 nitrogen and oxygen atoms in total. The summed E-state index contributed by atoms with van der Waals surface area (Å²) >= 11 is 3.27. The van der Waals surface area contributed by atoms with Crippen LogP contribution in [-0.2, 0) is 10.0 Å². The topological polar surface area (TPSA) is 93.3 Å². The van der Waals surface area contributed by atoms with Crippen molar-refractivity contribution in [3.8, 4) is 0 Å². The van der Waals surface area contributed by atoms with E-state index in [-0.39, 0.29) is 0 Å². The zero-order valence-corrected chi connectivity index (χ0v) is 11.3. The van der Waals surface area contributed by atoms with Crippen LogP contribution in [0.5, 0.6) is 0 Å². The van der Waals surface area contributed by atoms with Gasteiger partial charge in [0.05, 0.1) is 11.4 Å². The lowest BCUT2D eigenvalue weighted by Gasteiger charge is -2.16. The molecule has 0 bridgehead atoms. The summed E-state index contributed by atoms with van der Waals surface area (Å²) < 4.78 is 23.0. The van der Waals surface area contributed by atoms with Crippen LogP contribution in [-0.4, -0.2) is 23.8 Å². The summed E-state index contributed by atoms with van der Waals surface area (Å²) in [6.07, 6.45) is -1.22. The van der Waals surface area contributed by atoms with E-state index in [2.05, 4.69) is 20.9 Å². The van der Waals surface area contributed by atoms with Gasteiger partial charge in [0.15, 0.2) is 0 Å². The van der Waals surface area contributed by atoms with Gasteiger partial charge in [-0.05, 0) is 41.9 Å². The van der Waals surface area contributed by atoms with Crippen molar-refractivity contribution >= 4 is 26.0 Å². The highest BCUT2D eigenvalue weighted by atomic mass is 79.9. The Labute approximate surface area is 103 Å². The number of aryl methyl sites for hydroxylation is 1. The molecule has 7 heteroatoms. The number of aliphatic hydroxyl groups is 1. The molecule has 0 spiro atoms. The maximum absolute atomic E-state index is 11.1. The van der Waals surface area contributed by atoms with Gasteiger partial charge >= 0.3 is 0 Å². The number of nitrogens with zero attached hydrogens (tertiary/aromatic N) is 1. The summed E-state index contributed by atoms with van der Waals surface area (Å²) in [7, 11) is -3.77. The van der Waals surface area contributed by atoms with Crippen LogP contribution < -0.4 is 5.14 Å². The number of hydrogen-bond donors (Lipinski definition) is 2. The summed E-state index contributed by atoms with van der Waals surface area (Å²) in [4.78, 5) is 4.09. The Bertz CT molecular complexity index is 490.